The zero-order valence-electron chi connectivity index (χ0n) is 10.2. The molecule has 0 spiro atoms. The zero-order chi connectivity index (χ0) is 11.8. The summed E-state index contributed by atoms with van der Waals surface area (Å²) in [5.74, 6) is 0.907. The van der Waals surface area contributed by atoms with Gasteiger partial charge in [-0.1, -0.05) is 32.9 Å². The highest BCUT2D eigenvalue weighted by molar-refractivity contribution is 5.31. The van der Waals surface area contributed by atoms with Gasteiger partial charge in [-0.05, 0) is 23.1 Å². The Hall–Kier alpha value is -1.02. The van der Waals surface area contributed by atoms with Gasteiger partial charge in [-0.3, -0.25) is 0 Å². The van der Waals surface area contributed by atoms with Gasteiger partial charge >= 0.3 is 0 Å². The molecule has 0 aromatic heterocycles. The number of aliphatic hydroxyl groups excluding tert-OH is 1. The molecule has 88 valence electrons. The maximum absolute atomic E-state index is 9.17. The summed E-state index contributed by atoms with van der Waals surface area (Å²) in [6, 6.07) is 8.27. The topological polar surface area (TPSA) is 29.5 Å². The normalized spacial score (nSPS) is 25.0. The van der Waals surface area contributed by atoms with Crippen LogP contribution in [0.1, 0.15) is 39.2 Å². The van der Waals surface area contributed by atoms with Crippen molar-refractivity contribution in [2.24, 2.45) is 0 Å². The molecule has 2 nitrogen and oxygen atoms in total. The fourth-order valence-corrected chi connectivity index (χ4v) is 1.86. The zero-order valence-corrected chi connectivity index (χ0v) is 10.2. The maximum Gasteiger partial charge on any atom is 0.119 e. The van der Waals surface area contributed by atoms with Gasteiger partial charge in [0.2, 0.25) is 0 Å². The monoisotopic (exact) mass is 220 g/mol. The number of benzene rings is 1. The number of ether oxygens (including phenoxy) is 1. The van der Waals surface area contributed by atoms with E-state index < -0.39 is 0 Å². The molecule has 0 bridgehead atoms. The van der Waals surface area contributed by atoms with E-state index in [1.807, 2.05) is 12.1 Å². The number of rotatable bonds is 2. The van der Waals surface area contributed by atoms with E-state index in [1.165, 1.54) is 5.56 Å². The van der Waals surface area contributed by atoms with Gasteiger partial charge in [-0.25, -0.2) is 0 Å². The van der Waals surface area contributed by atoms with E-state index in [1.54, 1.807) is 0 Å². The fourth-order valence-electron chi connectivity index (χ4n) is 1.86. The van der Waals surface area contributed by atoms with Crippen LogP contribution >= 0.6 is 0 Å². The first-order chi connectivity index (χ1) is 7.45. The fraction of sp³-hybridized carbons (Fsp3) is 0.571. The van der Waals surface area contributed by atoms with E-state index in [0.29, 0.717) is 0 Å². The van der Waals surface area contributed by atoms with Crippen molar-refractivity contribution in [3.63, 3.8) is 0 Å². The van der Waals surface area contributed by atoms with E-state index in [9.17, 15) is 0 Å². The minimum Gasteiger partial charge on any atom is -0.490 e. The van der Waals surface area contributed by atoms with Crippen molar-refractivity contribution in [2.75, 3.05) is 0 Å². The van der Waals surface area contributed by atoms with Crippen LogP contribution in [-0.2, 0) is 5.41 Å². The third-order valence-electron chi connectivity index (χ3n) is 3.09. The second-order valence-corrected chi connectivity index (χ2v) is 5.64. The van der Waals surface area contributed by atoms with Crippen LogP contribution in [0.3, 0.4) is 0 Å². The quantitative estimate of drug-likeness (QED) is 0.830. The summed E-state index contributed by atoms with van der Waals surface area (Å²) < 4.78 is 5.73. The van der Waals surface area contributed by atoms with Crippen molar-refractivity contribution in [1.29, 1.82) is 0 Å². The van der Waals surface area contributed by atoms with Crippen molar-refractivity contribution in [3.05, 3.63) is 29.8 Å². The molecule has 1 saturated carbocycles. The van der Waals surface area contributed by atoms with Crippen molar-refractivity contribution in [3.8, 4) is 5.75 Å². The predicted octanol–water partition coefficient (Wildman–Crippen LogP) is 2.89. The predicted molar refractivity (Wildman–Crippen MR) is 64.8 cm³/mol. The first-order valence-corrected chi connectivity index (χ1v) is 5.90. The van der Waals surface area contributed by atoms with Crippen LogP contribution in [0, 0.1) is 0 Å². The molecule has 1 aliphatic rings. The van der Waals surface area contributed by atoms with Gasteiger partial charge in [-0.2, -0.15) is 0 Å². The first-order valence-electron chi connectivity index (χ1n) is 5.90. The average Bonchev–Trinajstić information content (AvgIpc) is 2.15. The van der Waals surface area contributed by atoms with Gasteiger partial charge < -0.3 is 9.84 Å². The Morgan fingerprint density at radius 1 is 1.12 bits per heavy atom. The molecule has 1 aromatic carbocycles. The molecule has 1 N–H and O–H groups in total. The Morgan fingerprint density at radius 2 is 1.69 bits per heavy atom. The van der Waals surface area contributed by atoms with Crippen LogP contribution < -0.4 is 4.74 Å². The van der Waals surface area contributed by atoms with E-state index >= 15 is 0 Å². The molecule has 0 atom stereocenters. The highest BCUT2D eigenvalue weighted by atomic mass is 16.5. The highest BCUT2D eigenvalue weighted by Crippen LogP contribution is 2.28. The number of hydrogen-bond donors (Lipinski definition) is 1. The third-order valence-corrected chi connectivity index (χ3v) is 3.09. The lowest BCUT2D eigenvalue weighted by Crippen LogP contribution is -2.37. The van der Waals surface area contributed by atoms with Crippen LogP contribution in [0.4, 0.5) is 0 Å². The SMILES string of the molecule is CC(C)(C)c1ccc(OC2CC(O)C2)cc1. The van der Waals surface area contributed by atoms with Crippen LogP contribution in [0.2, 0.25) is 0 Å². The number of hydrogen-bond acceptors (Lipinski definition) is 2. The van der Waals surface area contributed by atoms with Gasteiger partial charge in [0, 0.05) is 12.8 Å². The Labute approximate surface area is 97.3 Å². The summed E-state index contributed by atoms with van der Waals surface area (Å²) in [4.78, 5) is 0. The second-order valence-electron chi connectivity index (χ2n) is 5.64. The van der Waals surface area contributed by atoms with Crippen molar-refractivity contribution in [2.45, 2.75) is 51.2 Å². The van der Waals surface area contributed by atoms with E-state index in [2.05, 4.69) is 32.9 Å². The largest absolute Gasteiger partial charge is 0.490 e. The minimum absolute atomic E-state index is 0.154. The summed E-state index contributed by atoms with van der Waals surface area (Å²) in [5.41, 5.74) is 1.50. The first kappa shape index (κ1) is 11.5. The molecule has 0 heterocycles. The molecule has 16 heavy (non-hydrogen) atoms. The molecule has 0 saturated heterocycles. The molecule has 1 aromatic rings. The molecule has 0 unspecified atom stereocenters. The van der Waals surface area contributed by atoms with Gasteiger partial charge in [0.25, 0.3) is 0 Å². The summed E-state index contributed by atoms with van der Waals surface area (Å²) in [5, 5.41) is 9.17. The standard InChI is InChI=1S/C14H20O2/c1-14(2,3)10-4-6-12(7-5-10)16-13-8-11(15)9-13/h4-7,11,13,15H,8-9H2,1-3H3. The van der Waals surface area contributed by atoms with Crippen molar-refractivity contribution < 1.29 is 9.84 Å². The minimum atomic E-state index is -0.154. The van der Waals surface area contributed by atoms with Crippen LogP contribution in [0.15, 0.2) is 24.3 Å². The highest BCUT2D eigenvalue weighted by Gasteiger charge is 2.28. The Bertz CT molecular complexity index is 342. The second kappa shape index (κ2) is 4.10. The van der Waals surface area contributed by atoms with Gasteiger partial charge in [0.05, 0.1) is 6.10 Å². The lowest BCUT2D eigenvalue weighted by Gasteiger charge is -2.31. The van der Waals surface area contributed by atoms with Gasteiger partial charge in [0.1, 0.15) is 11.9 Å². The van der Waals surface area contributed by atoms with Crippen LogP contribution in [-0.4, -0.2) is 17.3 Å². The van der Waals surface area contributed by atoms with Crippen molar-refractivity contribution in [1.82, 2.24) is 0 Å². The summed E-state index contributed by atoms with van der Waals surface area (Å²) in [6.07, 6.45) is 1.58. The Morgan fingerprint density at radius 3 is 2.12 bits per heavy atom. The average molecular weight is 220 g/mol. The van der Waals surface area contributed by atoms with Gasteiger partial charge in [-0.15, -0.1) is 0 Å². The molecule has 1 aliphatic carbocycles. The summed E-state index contributed by atoms with van der Waals surface area (Å²) >= 11 is 0. The molecule has 1 fully saturated rings. The molecule has 0 amide bonds. The number of aliphatic hydroxyl groups is 1. The lowest BCUT2D eigenvalue weighted by molar-refractivity contribution is -0.0107. The van der Waals surface area contributed by atoms with E-state index in [0.717, 1.165) is 18.6 Å². The molecule has 0 radical (unpaired) electrons. The van der Waals surface area contributed by atoms with Crippen LogP contribution in [0.25, 0.3) is 0 Å². The Balaban J connectivity index is 1.97. The molecular formula is C14H20O2. The van der Waals surface area contributed by atoms with E-state index in [4.69, 9.17) is 9.84 Å². The van der Waals surface area contributed by atoms with Crippen LogP contribution in [0.5, 0.6) is 5.75 Å². The molecule has 2 heteroatoms. The molecule has 0 aliphatic heterocycles. The Kier molecular flexibility index (Phi) is 2.94. The lowest BCUT2D eigenvalue weighted by atomic mass is 9.87. The van der Waals surface area contributed by atoms with Gasteiger partial charge in [0.15, 0.2) is 0 Å². The van der Waals surface area contributed by atoms with E-state index in [-0.39, 0.29) is 17.6 Å². The van der Waals surface area contributed by atoms with Crippen molar-refractivity contribution >= 4 is 0 Å². The summed E-state index contributed by atoms with van der Waals surface area (Å²) in [7, 11) is 0. The molecule has 2 rings (SSSR count). The molecular weight excluding hydrogens is 200 g/mol. The maximum atomic E-state index is 9.17. The summed E-state index contributed by atoms with van der Waals surface area (Å²) in [6.45, 7) is 6.60. The smallest absolute Gasteiger partial charge is 0.119 e. The third kappa shape index (κ3) is 2.56.